The van der Waals surface area contributed by atoms with Crippen molar-refractivity contribution in [1.29, 1.82) is 0 Å². The summed E-state index contributed by atoms with van der Waals surface area (Å²) in [5.41, 5.74) is 0. The van der Waals surface area contributed by atoms with Crippen LogP contribution in [0.1, 0.15) is 45.4 Å². The average molecular weight is 365 g/mol. The molecule has 0 saturated carbocycles. The maximum atomic E-state index is 12.8. The predicted molar refractivity (Wildman–Crippen MR) is 96.4 cm³/mol. The molecular weight excluding hydrogens is 334 g/mol. The fourth-order valence-corrected chi connectivity index (χ4v) is 4.28. The lowest BCUT2D eigenvalue weighted by atomic mass is 9.92. The van der Waals surface area contributed by atoms with Gasteiger partial charge in [-0.3, -0.25) is 9.59 Å². The Morgan fingerprint density at radius 2 is 1.27 bits per heavy atom. The van der Waals surface area contributed by atoms with Crippen LogP contribution in [0.15, 0.2) is 0 Å². The van der Waals surface area contributed by atoms with E-state index >= 15 is 0 Å². The van der Waals surface area contributed by atoms with Crippen LogP contribution in [0.25, 0.3) is 0 Å². The molecule has 3 rings (SSSR count). The molecule has 0 N–H and O–H groups in total. The van der Waals surface area contributed by atoms with Gasteiger partial charge in [-0.2, -0.15) is 0 Å². The van der Waals surface area contributed by atoms with Crippen molar-refractivity contribution >= 4 is 17.9 Å². The molecule has 0 unspecified atom stereocenters. The Morgan fingerprint density at radius 3 is 1.85 bits per heavy atom. The van der Waals surface area contributed by atoms with Gasteiger partial charge in [0, 0.05) is 45.2 Å². The zero-order chi connectivity index (χ0) is 18.5. The third kappa shape index (κ3) is 4.30. The number of hydrogen-bond donors (Lipinski definition) is 0. The summed E-state index contributed by atoms with van der Waals surface area (Å²) in [6.07, 6.45) is 5.07. The van der Waals surface area contributed by atoms with Crippen molar-refractivity contribution < 1.29 is 19.1 Å². The van der Waals surface area contributed by atoms with Crippen molar-refractivity contribution in [1.82, 2.24) is 14.7 Å². The lowest BCUT2D eigenvalue weighted by molar-refractivity contribution is -0.152. The molecule has 0 atom stereocenters. The summed E-state index contributed by atoms with van der Waals surface area (Å²) in [4.78, 5) is 42.8. The Morgan fingerprint density at radius 1 is 0.769 bits per heavy atom. The number of rotatable bonds is 3. The molecule has 0 radical (unpaired) electrons. The normalized spacial score (nSPS) is 22.6. The third-order valence-corrected chi connectivity index (χ3v) is 5.92. The van der Waals surface area contributed by atoms with E-state index in [2.05, 4.69) is 0 Å². The summed E-state index contributed by atoms with van der Waals surface area (Å²) in [6.45, 7) is 6.57. The molecule has 0 aromatic rings. The smallest absolute Gasteiger partial charge is 0.319 e. The zero-order valence-electron chi connectivity index (χ0n) is 15.8. The number of likely N-dealkylation sites (tertiary alicyclic amines) is 3. The van der Waals surface area contributed by atoms with Gasteiger partial charge in [-0.25, -0.2) is 4.79 Å². The van der Waals surface area contributed by atoms with Gasteiger partial charge in [0.2, 0.25) is 5.91 Å². The molecule has 3 amide bonds. The molecule has 7 nitrogen and oxygen atoms in total. The monoisotopic (exact) mass is 365 g/mol. The number of carbonyl (C=O) groups is 3. The van der Waals surface area contributed by atoms with Gasteiger partial charge in [0.25, 0.3) is 0 Å². The van der Waals surface area contributed by atoms with E-state index in [1.807, 2.05) is 21.6 Å². The van der Waals surface area contributed by atoms with Crippen molar-refractivity contribution in [2.75, 3.05) is 45.9 Å². The highest BCUT2D eigenvalue weighted by atomic mass is 16.5. The number of piperidine rings is 2. The highest BCUT2D eigenvalue weighted by Gasteiger charge is 2.34. The SMILES string of the molecule is CCOC(=O)C1CCN(C(=O)C2CCN(C(=O)N3CCCC3)CC2)CC1. The van der Waals surface area contributed by atoms with Gasteiger partial charge in [-0.05, 0) is 45.4 Å². The molecule has 0 bridgehead atoms. The molecule has 0 spiro atoms. The van der Waals surface area contributed by atoms with E-state index in [0.717, 1.165) is 38.8 Å². The van der Waals surface area contributed by atoms with Crippen LogP contribution in [-0.4, -0.2) is 78.5 Å². The molecule has 3 aliphatic heterocycles. The minimum atomic E-state index is -0.131. The van der Waals surface area contributed by atoms with Crippen LogP contribution in [-0.2, 0) is 14.3 Å². The van der Waals surface area contributed by atoms with Crippen molar-refractivity contribution in [3.63, 3.8) is 0 Å². The standard InChI is InChI=1S/C19H31N3O4/c1-2-26-18(24)16-7-11-20(12-8-16)17(23)15-5-13-22(14-6-15)19(25)21-9-3-4-10-21/h15-16H,2-14H2,1H3. The predicted octanol–water partition coefficient (Wildman–Crippen LogP) is 1.72. The quantitative estimate of drug-likeness (QED) is 0.714. The van der Waals surface area contributed by atoms with Gasteiger partial charge in [0.15, 0.2) is 0 Å². The number of hydrogen-bond acceptors (Lipinski definition) is 4. The zero-order valence-corrected chi connectivity index (χ0v) is 15.8. The summed E-state index contributed by atoms with van der Waals surface area (Å²) in [5.74, 6) is 0.00427. The first-order chi connectivity index (χ1) is 12.6. The van der Waals surface area contributed by atoms with E-state index in [4.69, 9.17) is 4.74 Å². The van der Waals surface area contributed by atoms with Gasteiger partial charge in [0.1, 0.15) is 0 Å². The third-order valence-electron chi connectivity index (χ3n) is 5.92. The first kappa shape index (κ1) is 19.0. The van der Waals surface area contributed by atoms with E-state index < -0.39 is 0 Å². The molecular formula is C19H31N3O4. The van der Waals surface area contributed by atoms with Crippen LogP contribution in [0, 0.1) is 11.8 Å². The molecule has 26 heavy (non-hydrogen) atoms. The Bertz CT molecular complexity index is 517. The van der Waals surface area contributed by atoms with E-state index in [-0.39, 0.29) is 29.7 Å². The molecule has 7 heteroatoms. The minimum Gasteiger partial charge on any atom is -0.466 e. The number of urea groups is 1. The first-order valence-electron chi connectivity index (χ1n) is 10.1. The molecule has 3 fully saturated rings. The maximum absolute atomic E-state index is 12.8. The molecule has 0 aromatic heterocycles. The number of esters is 1. The van der Waals surface area contributed by atoms with Gasteiger partial charge in [-0.15, -0.1) is 0 Å². The van der Waals surface area contributed by atoms with Crippen LogP contribution in [0.4, 0.5) is 4.79 Å². The van der Waals surface area contributed by atoms with Gasteiger partial charge in [0.05, 0.1) is 12.5 Å². The number of amides is 3. The Labute approximate surface area is 155 Å². The number of nitrogens with zero attached hydrogens (tertiary/aromatic N) is 3. The summed E-state index contributed by atoms with van der Waals surface area (Å²) in [6, 6.07) is 0.142. The fraction of sp³-hybridized carbons (Fsp3) is 0.842. The van der Waals surface area contributed by atoms with Crippen LogP contribution in [0.5, 0.6) is 0 Å². The largest absolute Gasteiger partial charge is 0.466 e. The number of carbonyl (C=O) groups excluding carboxylic acids is 3. The summed E-state index contributed by atoms with van der Waals surface area (Å²) < 4.78 is 5.09. The summed E-state index contributed by atoms with van der Waals surface area (Å²) in [5, 5.41) is 0. The second-order valence-electron chi connectivity index (χ2n) is 7.59. The maximum Gasteiger partial charge on any atom is 0.319 e. The van der Waals surface area contributed by atoms with Gasteiger partial charge in [-0.1, -0.05) is 0 Å². The molecule has 3 heterocycles. The van der Waals surface area contributed by atoms with Crippen LogP contribution in [0.3, 0.4) is 0 Å². The van der Waals surface area contributed by atoms with Gasteiger partial charge < -0.3 is 19.4 Å². The van der Waals surface area contributed by atoms with Crippen molar-refractivity contribution in [3.05, 3.63) is 0 Å². The highest BCUT2D eigenvalue weighted by molar-refractivity contribution is 5.80. The van der Waals surface area contributed by atoms with E-state index in [0.29, 0.717) is 45.6 Å². The molecule has 3 aliphatic rings. The lowest BCUT2D eigenvalue weighted by Gasteiger charge is -2.37. The topological polar surface area (TPSA) is 70.2 Å². The summed E-state index contributed by atoms with van der Waals surface area (Å²) >= 11 is 0. The van der Waals surface area contributed by atoms with E-state index in [1.54, 1.807) is 0 Å². The number of ether oxygens (including phenoxy) is 1. The molecule has 146 valence electrons. The average Bonchev–Trinajstić information content (AvgIpc) is 3.22. The summed E-state index contributed by atoms with van der Waals surface area (Å²) in [7, 11) is 0. The van der Waals surface area contributed by atoms with Crippen LogP contribution in [0.2, 0.25) is 0 Å². The second kappa shape index (κ2) is 8.73. The Hall–Kier alpha value is -1.79. The van der Waals surface area contributed by atoms with Crippen LogP contribution >= 0.6 is 0 Å². The first-order valence-corrected chi connectivity index (χ1v) is 10.1. The Balaban J connectivity index is 1.42. The van der Waals surface area contributed by atoms with Crippen molar-refractivity contribution in [2.24, 2.45) is 11.8 Å². The molecule has 3 saturated heterocycles. The second-order valence-corrected chi connectivity index (χ2v) is 7.59. The Kier molecular flexibility index (Phi) is 6.38. The molecule has 0 aliphatic carbocycles. The lowest BCUT2D eigenvalue weighted by Crippen LogP contribution is -2.49. The van der Waals surface area contributed by atoms with E-state index in [9.17, 15) is 14.4 Å². The highest BCUT2D eigenvalue weighted by Crippen LogP contribution is 2.25. The van der Waals surface area contributed by atoms with Crippen LogP contribution < -0.4 is 0 Å². The minimum absolute atomic E-state index is 0.0109. The van der Waals surface area contributed by atoms with Gasteiger partial charge >= 0.3 is 12.0 Å². The van der Waals surface area contributed by atoms with E-state index in [1.165, 1.54) is 0 Å². The van der Waals surface area contributed by atoms with Crippen molar-refractivity contribution in [3.8, 4) is 0 Å². The fourth-order valence-electron chi connectivity index (χ4n) is 4.28. The molecule has 0 aromatic carbocycles. The van der Waals surface area contributed by atoms with Crippen molar-refractivity contribution in [2.45, 2.75) is 45.4 Å².